The van der Waals surface area contributed by atoms with Crippen LogP contribution in [-0.2, 0) is 6.42 Å². The second kappa shape index (κ2) is 8.95. The number of carbonyl (C=O) groups is 1. The van der Waals surface area contributed by atoms with E-state index in [9.17, 15) is 4.79 Å². The maximum Gasteiger partial charge on any atom is 0.270 e. The first-order valence-electron chi connectivity index (χ1n) is 9.35. The number of pyridine rings is 1. The quantitative estimate of drug-likeness (QED) is 0.451. The summed E-state index contributed by atoms with van der Waals surface area (Å²) in [6.07, 6.45) is 5.95. The molecular formula is C21H25N2O3S+. The number of ketones is 1. The van der Waals surface area contributed by atoms with Gasteiger partial charge in [0, 0.05) is 24.2 Å². The fourth-order valence-corrected chi connectivity index (χ4v) is 3.48. The van der Waals surface area contributed by atoms with Crippen LogP contribution in [0.15, 0.2) is 42.7 Å². The zero-order valence-electron chi connectivity index (χ0n) is 15.7. The standard InChI is InChI=1S/C21H24N2O3S/c1-3-5-15-8-10-23(11-9-15)19(21(27)22-4-2)20(24)16-6-7-17-18(14-16)26-13-12-25-17/h6-11,14,19H,3-5,12-13H2,1-2H3/p+1/t19-/m1/s1. The van der Waals surface area contributed by atoms with Crippen molar-refractivity contribution in [2.75, 3.05) is 19.8 Å². The summed E-state index contributed by atoms with van der Waals surface area (Å²) >= 11 is 5.53. The van der Waals surface area contributed by atoms with Crippen LogP contribution < -0.4 is 19.4 Å². The van der Waals surface area contributed by atoms with Gasteiger partial charge >= 0.3 is 0 Å². The van der Waals surface area contributed by atoms with Gasteiger partial charge in [-0.2, -0.15) is 4.57 Å². The summed E-state index contributed by atoms with van der Waals surface area (Å²) in [5.74, 6) is 1.19. The third kappa shape index (κ3) is 4.45. The largest absolute Gasteiger partial charge is 0.486 e. The van der Waals surface area contributed by atoms with Gasteiger partial charge in [-0.3, -0.25) is 4.79 Å². The van der Waals surface area contributed by atoms with Crippen LogP contribution in [0.5, 0.6) is 11.5 Å². The number of fused-ring (bicyclic) bond motifs is 1. The van der Waals surface area contributed by atoms with Gasteiger partial charge in [0.1, 0.15) is 13.2 Å². The highest BCUT2D eigenvalue weighted by Gasteiger charge is 2.33. The molecule has 5 nitrogen and oxygen atoms in total. The molecule has 1 aliphatic rings. The van der Waals surface area contributed by atoms with Gasteiger partial charge in [-0.1, -0.05) is 25.6 Å². The van der Waals surface area contributed by atoms with E-state index < -0.39 is 6.04 Å². The average molecular weight is 386 g/mol. The van der Waals surface area contributed by atoms with Crippen LogP contribution in [0.3, 0.4) is 0 Å². The van der Waals surface area contributed by atoms with E-state index in [4.69, 9.17) is 21.7 Å². The van der Waals surface area contributed by atoms with Crippen LogP contribution in [-0.4, -0.2) is 30.5 Å². The summed E-state index contributed by atoms with van der Waals surface area (Å²) in [6, 6.07) is 8.78. The van der Waals surface area contributed by atoms with Crippen molar-refractivity contribution in [1.82, 2.24) is 5.32 Å². The lowest BCUT2D eigenvalue weighted by Gasteiger charge is -2.19. The van der Waals surface area contributed by atoms with Crippen LogP contribution in [0.25, 0.3) is 0 Å². The molecule has 1 N–H and O–H groups in total. The van der Waals surface area contributed by atoms with Crippen molar-refractivity contribution in [3.63, 3.8) is 0 Å². The van der Waals surface area contributed by atoms with Crippen LogP contribution in [0.4, 0.5) is 0 Å². The van der Waals surface area contributed by atoms with Gasteiger partial charge in [-0.15, -0.1) is 0 Å². The maximum absolute atomic E-state index is 13.3. The first-order valence-corrected chi connectivity index (χ1v) is 9.76. The highest BCUT2D eigenvalue weighted by Crippen LogP contribution is 2.31. The summed E-state index contributed by atoms with van der Waals surface area (Å²) in [5, 5.41) is 3.13. The summed E-state index contributed by atoms with van der Waals surface area (Å²) < 4.78 is 13.0. The fourth-order valence-electron chi connectivity index (χ4n) is 3.11. The molecule has 0 fully saturated rings. The van der Waals surface area contributed by atoms with E-state index in [0.717, 1.165) is 12.8 Å². The first-order chi connectivity index (χ1) is 13.1. The molecule has 27 heavy (non-hydrogen) atoms. The number of carbonyl (C=O) groups excluding carboxylic acids is 1. The lowest BCUT2D eigenvalue weighted by molar-refractivity contribution is -0.692. The van der Waals surface area contributed by atoms with E-state index in [0.29, 0.717) is 41.8 Å². The molecule has 1 aliphatic heterocycles. The third-order valence-corrected chi connectivity index (χ3v) is 4.80. The highest BCUT2D eigenvalue weighted by atomic mass is 32.1. The van der Waals surface area contributed by atoms with Crippen molar-refractivity contribution in [2.45, 2.75) is 32.7 Å². The minimum Gasteiger partial charge on any atom is -0.486 e. The summed E-state index contributed by atoms with van der Waals surface area (Å²) in [7, 11) is 0. The van der Waals surface area contributed by atoms with E-state index >= 15 is 0 Å². The number of aryl methyl sites for hydroxylation is 1. The minimum atomic E-state index is -0.599. The molecule has 6 heteroatoms. The van der Waals surface area contributed by atoms with Crippen molar-refractivity contribution in [2.24, 2.45) is 0 Å². The molecule has 0 aliphatic carbocycles. The molecule has 0 spiro atoms. The fraction of sp³-hybridized carbons (Fsp3) is 0.381. The van der Waals surface area contributed by atoms with Gasteiger partial charge in [0.25, 0.3) is 6.04 Å². The van der Waals surface area contributed by atoms with E-state index in [1.54, 1.807) is 18.2 Å². The molecule has 1 aromatic carbocycles. The molecule has 0 saturated heterocycles. The van der Waals surface area contributed by atoms with Crippen molar-refractivity contribution in [3.05, 3.63) is 53.9 Å². The molecular weight excluding hydrogens is 360 g/mol. The Hall–Kier alpha value is -2.47. The molecule has 2 aromatic rings. The first kappa shape index (κ1) is 19.3. The summed E-state index contributed by atoms with van der Waals surface area (Å²) in [5.41, 5.74) is 1.79. The van der Waals surface area contributed by atoms with E-state index in [-0.39, 0.29) is 5.78 Å². The van der Waals surface area contributed by atoms with Gasteiger partial charge in [-0.25, -0.2) is 0 Å². The number of hydrogen-bond acceptors (Lipinski definition) is 4. The number of Topliss-reactive ketones (excluding diaryl/α,β-unsaturated/α-hetero) is 1. The smallest absolute Gasteiger partial charge is 0.270 e. The molecule has 0 unspecified atom stereocenters. The second-order valence-electron chi connectivity index (χ2n) is 6.42. The number of rotatable bonds is 7. The van der Waals surface area contributed by atoms with Gasteiger partial charge in [0.15, 0.2) is 28.9 Å². The summed E-state index contributed by atoms with van der Waals surface area (Å²) in [6.45, 7) is 5.78. The number of hydrogen-bond donors (Lipinski definition) is 1. The van der Waals surface area contributed by atoms with E-state index in [1.807, 2.05) is 36.0 Å². The molecule has 2 heterocycles. The molecule has 0 radical (unpaired) electrons. The Labute approximate surface area is 165 Å². The van der Waals surface area contributed by atoms with E-state index in [2.05, 4.69) is 12.2 Å². The van der Waals surface area contributed by atoms with Crippen LogP contribution in [0.2, 0.25) is 0 Å². The highest BCUT2D eigenvalue weighted by molar-refractivity contribution is 7.80. The van der Waals surface area contributed by atoms with Crippen molar-refractivity contribution in [1.29, 1.82) is 0 Å². The molecule has 1 aromatic heterocycles. The zero-order chi connectivity index (χ0) is 19.2. The molecule has 1 atom stereocenters. The molecule has 142 valence electrons. The van der Waals surface area contributed by atoms with Gasteiger partial charge < -0.3 is 14.8 Å². The number of nitrogens with one attached hydrogen (secondary N) is 1. The van der Waals surface area contributed by atoms with Crippen LogP contribution >= 0.6 is 12.2 Å². The predicted octanol–water partition coefficient (Wildman–Crippen LogP) is 3.06. The van der Waals surface area contributed by atoms with Crippen molar-refractivity contribution >= 4 is 23.0 Å². The van der Waals surface area contributed by atoms with Crippen molar-refractivity contribution < 1.29 is 18.8 Å². The third-order valence-electron chi connectivity index (χ3n) is 4.43. The Morgan fingerprint density at radius 2 is 1.85 bits per heavy atom. The Morgan fingerprint density at radius 3 is 2.52 bits per heavy atom. The average Bonchev–Trinajstić information content (AvgIpc) is 2.69. The second-order valence-corrected chi connectivity index (χ2v) is 6.86. The normalized spacial score (nSPS) is 13.7. The van der Waals surface area contributed by atoms with Gasteiger partial charge in [0.2, 0.25) is 5.78 Å². The topological polar surface area (TPSA) is 51.4 Å². The Bertz CT molecular complexity index is 821. The van der Waals surface area contributed by atoms with Gasteiger partial charge in [0.05, 0.1) is 0 Å². The van der Waals surface area contributed by atoms with Crippen LogP contribution in [0.1, 0.15) is 42.2 Å². The molecule has 0 amide bonds. The maximum atomic E-state index is 13.3. The van der Waals surface area contributed by atoms with Gasteiger partial charge in [-0.05, 0) is 37.1 Å². The zero-order valence-corrected chi connectivity index (χ0v) is 16.6. The molecule has 3 rings (SSSR count). The minimum absolute atomic E-state index is 0.0776. The number of thiocarbonyl (C=S) groups is 1. The number of benzene rings is 1. The lowest BCUT2D eigenvalue weighted by atomic mass is 10.0. The van der Waals surface area contributed by atoms with E-state index in [1.165, 1.54) is 5.56 Å². The Balaban J connectivity index is 1.92. The Kier molecular flexibility index (Phi) is 6.40. The Morgan fingerprint density at radius 1 is 1.15 bits per heavy atom. The number of nitrogens with zero attached hydrogens (tertiary/aromatic N) is 1. The van der Waals surface area contributed by atoms with Crippen LogP contribution in [0, 0.1) is 0 Å². The monoisotopic (exact) mass is 385 g/mol. The predicted molar refractivity (Wildman–Crippen MR) is 108 cm³/mol. The number of ether oxygens (including phenoxy) is 2. The SMILES string of the molecule is CCCc1cc[n+]([C@H](C(=O)c2ccc3c(c2)OCCO3)C(=S)NCC)cc1. The number of likely N-dealkylation sites (N-methyl/N-ethyl adjacent to an activating group) is 1. The number of aromatic nitrogens is 1. The molecule has 0 bridgehead atoms. The molecule has 0 saturated carbocycles. The van der Waals surface area contributed by atoms with Crippen molar-refractivity contribution in [3.8, 4) is 11.5 Å². The lowest BCUT2D eigenvalue weighted by Crippen LogP contribution is -2.51. The summed E-state index contributed by atoms with van der Waals surface area (Å²) in [4.78, 5) is 13.8.